The molecule has 0 aromatic heterocycles. The zero-order chi connectivity index (χ0) is 18.9. The Hall–Kier alpha value is -2.24. The SMILES string of the molecule is CCCCOC(=O)NC1CCN(C(=O)COc2ccc(C)cc2C)CC1. The number of piperidine rings is 1. The summed E-state index contributed by atoms with van der Waals surface area (Å²) in [6.07, 6.45) is 2.98. The summed E-state index contributed by atoms with van der Waals surface area (Å²) in [5.41, 5.74) is 2.20. The molecule has 0 unspecified atom stereocenters. The number of unbranched alkanes of at least 4 members (excludes halogenated alkanes) is 1. The number of rotatable bonds is 7. The fraction of sp³-hybridized carbons (Fsp3) is 0.600. The van der Waals surface area contributed by atoms with Gasteiger partial charge in [-0.05, 0) is 44.7 Å². The van der Waals surface area contributed by atoms with Crippen LogP contribution < -0.4 is 10.1 Å². The van der Waals surface area contributed by atoms with Gasteiger partial charge in [-0.1, -0.05) is 31.0 Å². The Kier molecular flexibility index (Phi) is 7.75. The molecule has 1 saturated heterocycles. The van der Waals surface area contributed by atoms with Crippen LogP contribution in [0, 0.1) is 13.8 Å². The molecule has 0 aliphatic carbocycles. The summed E-state index contributed by atoms with van der Waals surface area (Å²) < 4.78 is 10.8. The molecule has 2 rings (SSSR count). The molecule has 6 heteroatoms. The van der Waals surface area contributed by atoms with E-state index in [1.165, 1.54) is 5.56 Å². The molecule has 1 aliphatic rings. The first kappa shape index (κ1) is 20.1. The van der Waals surface area contributed by atoms with E-state index < -0.39 is 0 Å². The molecular weight excluding hydrogens is 332 g/mol. The van der Waals surface area contributed by atoms with E-state index in [-0.39, 0.29) is 24.6 Å². The van der Waals surface area contributed by atoms with E-state index in [4.69, 9.17) is 9.47 Å². The van der Waals surface area contributed by atoms with Gasteiger partial charge in [-0.2, -0.15) is 0 Å². The van der Waals surface area contributed by atoms with Gasteiger partial charge in [0.2, 0.25) is 0 Å². The van der Waals surface area contributed by atoms with Gasteiger partial charge >= 0.3 is 6.09 Å². The first-order valence-corrected chi connectivity index (χ1v) is 9.40. The summed E-state index contributed by atoms with van der Waals surface area (Å²) in [7, 11) is 0. The Bertz CT molecular complexity index is 610. The summed E-state index contributed by atoms with van der Waals surface area (Å²) in [6.45, 7) is 7.79. The van der Waals surface area contributed by atoms with Crippen molar-refractivity contribution in [2.45, 2.75) is 52.5 Å². The highest BCUT2D eigenvalue weighted by molar-refractivity contribution is 5.78. The highest BCUT2D eigenvalue weighted by Crippen LogP contribution is 2.19. The van der Waals surface area contributed by atoms with Gasteiger partial charge in [0.1, 0.15) is 5.75 Å². The van der Waals surface area contributed by atoms with Crippen LogP contribution in [0.4, 0.5) is 4.79 Å². The number of aryl methyl sites for hydroxylation is 2. The molecular formula is C20H30N2O4. The molecule has 1 aromatic carbocycles. The number of nitrogens with one attached hydrogen (secondary N) is 1. The number of ether oxygens (including phenoxy) is 2. The lowest BCUT2D eigenvalue weighted by molar-refractivity contribution is -0.134. The molecule has 1 aromatic rings. The van der Waals surface area contributed by atoms with Crippen LogP contribution in [-0.4, -0.2) is 49.2 Å². The number of likely N-dealkylation sites (tertiary alicyclic amines) is 1. The summed E-state index contributed by atoms with van der Waals surface area (Å²) in [6, 6.07) is 5.98. The van der Waals surface area contributed by atoms with Gasteiger partial charge in [0, 0.05) is 19.1 Å². The first-order valence-electron chi connectivity index (χ1n) is 9.40. The summed E-state index contributed by atoms with van der Waals surface area (Å²) in [4.78, 5) is 25.8. The predicted molar refractivity (Wildman–Crippen MR) is 100 cm³/mol. The number of benzene rings is 1. The van der Waals surface area contributed by atoms with Crippen molar-refractivity contribution in [2.75, 3.05) is 26.3 Å². The second-order valence-electron chi connectivity index (χ2n) is 6.85. The predicted octanol–water partition coefficient (Wildman–Crippen LogP) is 3.20. The van der Waals surface area contributed by atoms with E-state index in [0.29, 0.717) is 19.7 Å². The molecule has 0 bridgehead atoms. The van der Waals surface area contributed by atoms with Crippen LogP contribution in [0.25, 0.3) is 0 Å². The molecule has 144 valence electrons. The number of carbonyl (C=O) groups excluding carboxylic acids is 2. The third kappa shape index (κ3) is 6.24. The van der Waals surface area contributed by atoms with E-state index >= 15 is 0 Å². The Labute approximate surface area is 155 Å². The summed E-state index contributed by atoms with van der Waals surface area (Å²) >= 11 is 0. The van der Waals surface area contributed by atoms with Gasteiger partial charge in [-0.3, -0.25) is 4.79 Å². The average Bonchev–Trinajstić information content (AvgIpc) is 2.61. The fourth-order valence-corrected chi connectivity index (χ4v) is 2.98. The van der Waals surface area contributed by atoms with Crippen LogP contribution in [0.3, 0.4) is 0 Å². The number of alkyl carbamates (subject to hydrolysis) is 1. The van der Waals surface area contributed by atoms with Crippen molar-refractivity contribution in [1.82, 2.24) is 10.2 Å². The Morgan fingerprint density at radius 2 is 1.96 bits per heavy atom. The normalized spacial score (nSPS) is 14.8. The summed E-state index contributed by atoms with van der Waals surface area (Å²) in [5.74, 6) is 0.726. The third-order valence-corrected chi connectivity index (χ3v) is 4.58. The van der Waals surface area contributed by atoms with Crippen LogP contribution in [0.2, 0.25) is 0 Å². The number of hydrogen-bond acceptors (Lipinski definition) is 4. The van der Waals surface area contributed by atoms with Crippen molar-refractivity contribution in [2.24, 2.45) is 0 Å². The smallest absolute Gasteiger partial charge is 0.407 e. The van der Waals surface area contributed by atoms with Crippen molar-refractivity contribution in [1.29, 1.82) is 0 Å². The summed E-state index contributed by atoms with van der Waals surface area (Å²) in [5, 5.41) is 2.88. The van der Waals surface area contributed by atoms with Crippen molar-refractivity contribution in [3.63, 3.8) is 0 Å². The van der Waals surface area contributed by atoms with Crippen molar-refractivity contribution in [3.8, 4) is 5.75 Å². The van der Waals surface area contributed by atoms with Crippen LogP contribution in [0.1, 0.15) is 43.7 Å². The van der Waals surface area contributed by atoms with Crippen LogP contribution in [0.5, 0.6) is 5.75 Å². The van der Waals surface area contributed by atoms with Gasteiger partial charge in [0.05, 0.1) is 6.61 Å². The molecule has 26 heavy (non-hydrogen) atoms. The van der Waals surface area contributed by atoms with Crippen LogP contribution >= 0.6 is 0 Å². The van der Waals surface area contributed by atoms with E-state index in [9.17, 15) is 9.59 Å². The zero-order valence-electron chi connectivity index (χ0n) is 16.0. The zero-order valence-corrected chi connectivity index (χ0v) is 16.0. The Morgan fingerprint density at radius 3 is 2.62 bits per heavy atom. The first-order chi connectivity index (χ1) is 12.5. The highest BCUT2D eigenvalue weighted by Gasteiger charge is 2.24. The lowest BCUT2D eigenvalue weighted by Gasteiger charge is -2.32. The minimum Gasteiger partial charge on any atom is -0.484 e. The Balaban J connectivity index is 1.70. The standard InChI is InChI=1S/C20H30N2O4/c1-4-5-12-25-20(24)21-17-8-10-22(11-9-17)19(23)14-26-18-7-6-15(2)13-16(18)3/h6-7,13,17H,4-5,8-12,14H2,1-3H3,(H,21,24). The molecule has 1 aliphatic heterocycles. The number of hydrogen-bond donors (Lipinski definition) is 1. The lowest BCUT2D eigenvalue weighted by Crippen LogP contribution is -2.47. The molecule has 6 nitrogen and oxygen atoms in total. The highest BCUT2D eigenvalue weighted by atomic mass is 16.5. The Morgan fingerprint density at radius 1 is 1.23 bits per heavy atom. The van der Waals surface area contributed by atoms with Crippen molar-refractivity contribution >= 4 is 12.0 Å². The van der Waals surface area contributed by atoms with Crippen molar-refractivity contribution < 1.29 is 19.1 Å². The molecule has 0 saturated carbocycles. The minimum absolute atomic E-state index is 0.0195. The van der Waals surface area contributed by atoms with Gasteiger partial charge in [-0.25, -0.2) is 4.79 Å². The van der Waals surface area contributed by atoms with Gasteiger partial charge in [-0.15, -0.1) is 0 Å². The second-order valence-corrected chi connectivity index (χ2v) is 6.85. The molecule has 0 atom stereocenters. The van der Waals surface area contributed by atoms with E-state index in [1.807, 2.05) is 32.0 Å². The monoisotopic (exact) mass is 362 g/mol. The molecule has 1 heterocycles. The van der Waals surface area contributed by atoms with E-state index in [2.05, 4.69) is 12.2 Å². The molecule has 1 N–H and O–H groups in total. The second kappa shape index (κ2) is 10.0. The number of amides is 2. The van der Waals surface area contributed by atoms with Gasteiger partial charge in [0.25, 0.3) is 5.91 Å². The van der Waals surface area contributed by atoms with Gasteiger partial charge in [0.15, 0.2) is 6.61 Å². The maximum absolute atomic E-state index is 12.3. The van der Waals surface area contributed by atoms with E-state index in [0.717, 1.165) is 37.0 Å². The molecule has 1 fully saturated rings. The van der Waals surface area contributed by atoms with Crippen molar-refractivity contribution in [3.05, 3.63) is 29.3 Å². The quantitative estimate of drug-likeness (QED) is 0.757. The minimum atomic E-state index is -0.360. The van der Waals surface area contributed by atoms with E-state index in [1.54, 1.807) is 4.90 Å². The fourth-order valence-electron chi connectivity index (χ4n) is 2.98. The topological polar surface area (TPSA) is 67.9 Å². The van der Waals surface area contributed by atoms with Crippen LogP contribution in [0.15, 0.2) is 18.2 Å². The maximum atomic E-state index is 12.3. The van der Waals surface area contributed by atoms with Crippen LogP contribution in [-0.2, 0) is 9.53 Å². The molecule has 2 amide bonds. The molecule has 0 spiro atoms. The average molecular weight is 362 g/mol. The van der Waals surface area contributed by atoms with Gasteiger partial charge < -0.3 is 19.7 Å². The molecule has 0 radical (unpaired) electrons. The third-order valence-electron chi connectivity index (χ3n) is 4.58. The largest absolute Gasteiger partial charge is 0.484 e. The maximum Gasteiger partial charge on any atom is 0.407 e. The number of nitrogens with zero attached hydrogens (tertiary/aromatic N) is 1. The lowest BCUT2D eigenvalue weighted by atomic mass is 10.1. The number of carbonyl (C=O) groups is 2.